The Kier molecular flexibility index (Phi) is 4.24. The van der Waals surface area contributed by atoms with Crippen LogP contribution in [-0.4, -0.2) is 21.9 Å². The number of pyridine rings is 1. The van der Waals surface area contributed by atoms with Crippen LogP contribution >= 0.6 is 11.3 Å². The lowest BCUT2D eigenvalue weighted by Gasteiger charge is -2.15. The molecule has 0 fully saturated rings. The molecular weight excluding hydrogens is 246 g/mol. The number of hydrazine groups is 1. The second kappa shape index (κ2) is 5.90. The normalized spacial score (nSPS) is 10.9. The molecule has 0 saturated carbocycles. The van der Waals surface area contributed by atoms with Gasteiger partial charge in [-0.1, -0.05) is 0 Å². The van der Waals surface area contributed by atoms with Gasteiger partial charge in [-0.2, -0.15) is 0 Å². The molecule has 2 aromatic rings. The van der Waals surface area contributed by atoms with Crippen LogP contribution in [0.4, 0.5) is 5.69 Å². The first-order valence-corrected chi connectivity index (χ1v) is 6.56. The molecule has 2 aromatic heterocycles. The highest BCUT2D eigenvalue weighted by Crippen LogP contribution is 2.15. The van der Waals surface area contributed by atoms with E-state index >= 15 is 0 Å². The van der Waals surface area contributed by atoms with E-state index in [1.807, 2.05) is 24.6 Å². The highest BCUT2D eigenvalue weighted by molar-refractivity contribution is 7.09. The van der Waals surface area contributed by atoms with Crippen molar-refractivity contribution in [1.29, 1.82) is 0 Å². The minimum atomic E-state index is 0.785. The van der Waals surface area contributed by atoms with Gasteiger partial charge in [0.1, 0.15) is 0 Å². The standard InChI is InChI=1S/C12H17N5S/c1-9-12(18-8-15-9)7-17(2)6-11-5-10(16-13)3-4-14-11/h3-5,8H,6-7,13H2,1-2H3,(H,14,16). The van der Waals surface area contributed by atoms with Crippen LogP contribution in [0.5, 0.6) is 0 Å². The molecule has 0 saturated heterocycles. The lowest BCUT2D eigenvalue weighted by molar-refractivity contribution is 0.317. The van der Waals surface area contributed by atoms with Crippen LogP contribution < -0.4 is 11.3 Å². The molecule has 0 radical (unpaired) electrons. The van der Waals surface area contributed by atoms with Crippen molar-refractivity contribution in [2.45, 2.75) is 20.0 Å². The van der Waals surface area contributed by atoms with Gasteiger partial charge in [-0.05, 0) is 26.1 Å². The molecule has 0 spiro atoms. The summed E-state index contributed by atoms with van der Waals surface area (Å²) >= 11 is 1.69. The van der Waals surface area contributed by atoms with Crippen molar-refractivity contribution in [3.63, 3.8) is 0 Å². The Bertz CT molecular complexity index is 511. The van der Waals surface area contributed by atoms with Gasteiger partial charge in [-0.25, -0.2) is 4.98 Å². The average Bonchev–Trinajstić information content (AvgIpc) is 2.75. The third-order valence-electron chi connectivity index (χ3n) is 2.67. The number of aryl methyl sites for hydroxylation is 1. The molecule has 0 unspecified atom stereocenters. The average molecular weight is 263 g/mol. The zero-order valence-corrected chi connectivity index (χ0v) is 11.4. The van der Waals surface area contributed by atoms with Crippen LogP contribution in [0, 0.1) is 6.92 Å². The predicted molar refractivity (Wildman–Crippen MR) is 74.1 cm³/mol. The van der Waals surface area contributed by atoms with Gasteiger partial charge in [0.2, 0.25) is 0 Å². The Morgan fingerprint density at radius 1 is 1.39 bits per heavy atom. The number of nitrogen functional groups attached to an aromatic ring is 1. The first-order valence-electron chi connectivity index (χ1n) is 5.68. The van der Waals surface area contributed by atoms with Gasteiger partial charge in [0, 0.05) is 24.2 Å². The van der Waals surface area contributed by atoms with E-state index in [9.17, 15) is 0 Å². The van der Waals surface area contributed by atoms with Gasteiger partial charge in [0.25, 0.3) is 0 Å². The molecule has 0 bridgehead atoms. The third kappa shape index (κ3) is 3.25. The maximum absolute atomic E-state index is 5.38. The number of aromatic nitrogens is 2. The summed E-state index contributed by atoms with van der Waals surface area (Å²) in [5.74, 6) is 5.38. The number of nitrogens with two attached hydrogens (primary N) is 1. The third-order valence-corrected chi connectivity index (χ3v) is 3.59. The van der Waals surface area contributed by atoms with Gasteiger partial charge in [-0.3, -0.25) is 15.7 Å². The van der Waals surface area contributed by atoms with Crippen molar-refractivity contribution in [1.82, 2.24) is 14.9 Å². The Labute approximate surface area is 111 Å². The number of hydrogen-bond donors (Lipinski definition) is 2. The predicted octanol–water partition coefficient (Wildman–Crippen LogP) is 1.76. The smallest absolute Gasteiger partial charge is 0.0798 e. The summed E-state index contributed by atoms with van der Waals surface area (Å²) in [6.07, 6.45) is 1.76. The zero-order chi connectivity index (χ0) is 13.0. The van der Waals surface area contributed by atoms with E-state index in [2.05, 4.69) is 27.3 Å². The van der Waals surface area contributed by atoms with Crippen LogP contribution in [0.2, 0.25) is 0 Å². The first-order chi connectivity index (χ1) is 8.69. The van der Waals surface area contributed by atoms with Gasteiger partial charge < -0.3 is 5.43 Å². The molecule has 3 N–H and O–H groups in total. The molecule has 0 amide bonds. The van der Waals surface area contributed by atoms with Gasteiger partial charge >= 0.3 is 0 Å². The topological polar surface area (TPSA) is 67.1 Å². The summed E-state index contributed by atoms with van der Waals surface area (Å²) in [5, 5.41) is 0. The zero-order valence-electron chi connectivity index (χ0n) is 10.6. The summed E-state index contributed by atoms with van der Waals surface area (Å²) in [6, 6.07) is 3.80. The van der Waals surface area contributed by atoms with Crippen molar-refractivity contribution in [3.8, 4) is 0 Å². The highest BCUT2D eigenvalue weighted by Gasteiger charge is 2.07. The molecule has 2 rings (SSSR count). The Hall–Kier alpha value is -1.50. The van der Waals surface area contributed by atoms with E-state index in [0.29, 0.717) is 0 Å². The van der Waals surface area contributed by atoms with E-state index in [4.69, 9.17) is 5.84 Å². The fraction of sp³-hybridized carbons (Fsp3) is 0.333. The van der Waals surface area contributed by atoms with Gasteiger partial charge in [0.05, 0.1) is 22.6 Å². The molecule has 0 aromatic carbocycles. The van der Waals surface area contributed by atoms with Crippen molar-refractivity contribution in [2.75, 3.05) is 12.5 Å². The van der Waals surface area contributed by atoms with Crippen LogP contribution in [0.15, 0.2) is 23.8 Å². The summed E-state index contributed by atoms with van der Waals surface area (Å²) in [5.41, 5.74) is 7.49. The number of anilines is 1. The second-order valence-electron chi connectivity index (χ2n) is 4.21. The minimum Gasteiger partial charge on any atom is -0.324 e. The quantitative estimate of drug-likeness (QED) is 0.635. The summed E-state index contributed by atoms with van der Waals surface area (Å²) in [4.78, 5) is 12.1. The summed E-state index contributed by atoms with van der Waals surface area (Å²) < 4.78 is 0. The molecule has 0 aliphatic heterocycles. The van der Waals surface area contributed by atoms with Crippen LogP contribution in [0.1, 0.15) is 16.3 Å². The first kappa shape index (κ1) is 12.9. The maximum atomic E-state index is 5.38. The fourth-order valence-electron chi connectivity index (χ4n) is 1.71. The van der Waals surface area contributed by atoms with Crippen molar-refractivity contribution in [2.24, 2.45) is 5.84 Å². The van der Waals surface area contributed by atoms with E-state index < -0.39 is 0 Å². The van der Waals surface area contributed by atoms with E-state index in [-0.39, 0.29) is 0 Å². The fourth-order valence-corrected chi connectivity index (χ4v) is 2.57. The number of thiazole rings is 1. The lowest BCUT2D eigenvalue weighted by Crippen LogP contribution is -2.18. The molecule has 0 atom stereocenters. The van der Waals surface area contributed by atoms with Crippen LogP contribution in [-0.2, 0) is 13.1 Å². The van der Waals surface area contributed by atoms with Crippen molar-refractivity contribution in [3.05, 3.63) is 40.1 Å². The van der Waals surface area contributed by atoms with Gasteiger partial charge in [0.15, 0.2) is 0 Å². The SMILES string of the molecule is Cc1ncsc1CN(C)Cc1cc(NN)ccn1. The maximum Gasteiger partial charge on any atom is 0.0798 e. The van der Waals surface area contributed by atoms with Crippen molar-refractivity contribution >= 4 is 17.0 Å². The molecule has 0 aliphatic rings. The van der Waals surface area contributed by atoms with E-state index in [1.54, 1.807) is 17.5 Å². The van der Waals surface area contributed by atoms with Crippen LogP contribution in [0.3, 0.4) is 0 Å². The number of rotatable bonds is 5. The molecule has 96 valence electrons. The second-order valence-corrected chi connectivity index (χ2v) is 5.15. The number of hydrogen-bond acceptors (Lipinski definition) is 6. The minimum absolute atomic E-state index is 0.785. The summed E-state index contributed by atoms with van der Waals surface area (Å²) in [6.45, 7) is 3.71. The monoisotopic (exact) mass is 263 g/mol. The van der Waals surface area contributed by atoms with E-state index in [0.717, 1.165) is 30.2 Å². The molecule has 18 heavy (non-hydrogen) atoms. The van der Waals surface area contributed by atoms with Crippen molar-refractivity contribution < 1.29 is 0 Å². The molecule has 0 aliphatic carbocycles. The molecular formula is C12H17N5S. The Morgan fingerprint density at radius 3 is 2.89 bits per heavy atom. The lowest BCUT2D eigenvalue weighted by atomic mass is 10.3. The molecule has 2 heterocycles. The molecule has 6 heteroatoms. The largest absolute Gasteiger partial charge is 0.324 e. The van der Waals surface area contributed by atoms with Crippen LogP contribution in [0.25, 0.3) is 0 Å². The summed E-state index contributed by atoms with van der Waals surface area (Å²) in [7, 11) is 2.07. The number of nitrogens with one attached hydrogen (secondary N) is 1. The van der Waals surface area contributed by atoms with E-state index in [1.165, 1.54) is 4.88 Å². The van der Waals surface area contributed by atoms with Gasteiger partial charge in [-0.15, -0.1) is 11.3 Å². The Balaban J connectivity index is 1.98. The highest BCUT2D eigenvalue weighted by atomic mass is 32.1. The molecule has 5 nitrogen and oxygen atoms in total. The number of nitrogens with zero attached hydrogens (tertiary/aromatic N) is 3. The Morgan fingerprint density at radius 2 is 2.22 bits per heavy atom.